The van der Waals surface area contributed by atoms with Gasteiger partial charge in [0.2, 0.25) is 5.91 Å². The zero-order valence-corrected chi connectivity index (χ0v) is 19.7. The Balaban J connectivity index is 1.60. The van der Waals surface area contributed by atoms with E-state index in [1.165, 1.54) is 5.56 Å². The molecule has 0 N–H and O–H groups in total. The highest BCUT2D eigenvalue weighted by Gasteiger charge is 2.35. The Bertz CT molecular complexity index is 1210. The van der Waals surface area contributed by atoms with Gasteiger partial charge in [0.1, 0.15) is 5.58 Å². The van der Waals surface area contributed by atoms with Crippen molar-refractivity contribution in [3.8, 4) is 0 Å². The van der Waals surface area contributed by atoms with Gasteiger partial charge in [0.25, 0.3) is 0 Å². The van der Waals surface area contributed by atoms with Crippen molar-refractivity contribution in [2.45, 2.75) is 38.8 Å². The molecule has 4 rings (SSSR count). The normalized spacial score (nSPS) is 17.5. The molecule has 1 atom stereocenters. The third-order valence-corrected chi connectivity index (χ3v) is 7.99. The Morgan fingerprint density at radius 2 is 1.81 bits per heavy atom. The fourth-order valence-corrected chi connectivity index (χ4v) is 6.02. The highest BCUT2D eigenvalue weighted by molar-refractivity contribution is 7.91. The van der Waals surface area contributed by atoms with E-state index in [1.54, 1.807) is 11.2 Å². The molecule has 0 unspecified atom stereocenters. The summed E-state index contributed by atoms with van der Waals surface area (Å²) in [6.07, 6.45) is 3.23. The fourth-order valence-electron chi connectivity index (χ4n) is 4.29. The van der Waals surface area contributed by atoms with Gasteiger partial charge in [0.05, 0.1) is 24.2 Å². The van der Waals surface area contributed by atoms with Crippen LogP contribution in [-0.4, -0.2) is 50.9 Å². The lowest BCUT2D eigenvalue weighted by atomic mass is 10.0. The number of hydrogen-bond donors (Lipinski definition) is 0. The van der Waals surface area contributed by atoms with Gasteiger partial charge in [-0.1, -0.05) is 25.1 Å². The maximum atomic E-state index is 13.5. The molecule has 0 aliphatic carbocycles. The van der Waals surface area contributed by atoms with Crippen molar-refractivity contribution >= 4 is 32.4 Å². The second-order valence-corrected chi connectivity index (χ2v) is 11.0. The molecule has 1 aliphatic rings. The number of anilines is 1. The molecule has 1 aromatic heterocycles. The molecule has 1 aliphatic heterocycles. The predicted octanol–water partition coefficient (Wildman–Crippen LogP) is 3.82. The number of fused-ring (bicyclic) bond motifs is 1. The van der Waals surface area contributed by atoms with Crippen LogP contribution in [0.5, 0.6) is 0 Å². The van der Waals surface area contributed by atoms with E-state index in [0.717, 1.165) is 34.2 Å². The Morgan fingerprint density at radius 3 is 2.44 bits per heavy atom. The lowest BCUT2D eigenvalue weighted by Gasteiger charge is -2.28. The molecule has 0 bridgehead atoms. The quantitative estimate of drug-likeness (QED) is 0.543. The van der Waals surface area contributed by atoms with Crippen LogP contribution in [0.1, 0.15) is 30.0 Å². The summed E-state index contributed by atoms with van der Waals surface area (Å²) in [5, 5.41) is 0.951. The van der Waals surface area contributed by atoms with Crippen molar-refractivity contribution in [1.29, 1.82) is 0 Å². The summed E-state index contributed by atoms with van der Waals surface area (Å²) in [6, 6.07) is 13.8. The summed E-state index contributed by atoms with van der Waals surface area (Å²) in [5.74, 6) is 0.0873. The number of aryl methyl sites for hydroxylation is 1. The third-order valence-electron chi connectivity index (χ3n) is 6.24. The first-order chi connectivity index (χ1) is 15.3. The number of carbonyl (C=O) groups is 1. The van der Waals surface area contributed by atoms with E-state index in [4.69, 9.17) is 4.42 Å². The number of hydrogen-bond acceptors (Lipinski definition) is 5. The van der Waals surface area contributed by atoms with Gasteiger partial charge in [-0.15, -0.1) is 0 Å². The van der Waals surface area contributed by atoms with Crippen LogP contribution in [0.15, 0.2) is 53.1 Å². The van der Waals surface area contributed by atoms with Crippen LogP contribution in [0.3, 0.4) is 0 Å². The van der Waals surface area contributed by atoms with Crippen LogP contribution < -0.4 is 4.90 Å². The largest absolute Gasteiger partial charge is 0.464 e. The molecule has 0 spiro atoms. The molecule has 3 aromatic rings. The van der Waals surface area contributed by atoms with Crippen molar-refractivity contribution in [3.05, 3.63) is 65.4 Å². The van der Waals surface area contributed by atoms with Crippen molar-refractivity contribution in [1.82, 2.24) is 4.90 Å². The molecule has 2 aromatic carbocycles. The highest BCUT2D eigenvalue weighted by atomic mass is 32.2. The smallest absolute Gasteiger partial charge is 0.227 e. The minimum absolute atomic E-state index is 0.0284. The number of benzene rings is 2. The van der Waals surface area contributed by atoms with Crippen molar-refractivity contribution < 1.29 is 17.6 Å². The van der Waals surface area contributed by atoms with E-state index >= 15 is 0 Å². The summed E-state index contributed by atoms with van der Waals surface area (Å²) in [4.78, 5) is 17.2. The summed E-state index contributed by atoms with van der Waals surface area (Å²) < 4.78 is 30.0. The van der Waals surface area contributed by atoms with E-state index in [9.17, 15) is 13.2 Å². The monoisotopic (exact) mass is 454 g/mol. The van der Waals surface area contributed by atoms with Crippen LogP contribution in [0, 0.1) is 0 Å². The van der Waals surface area contributed by atoms with E-state index in [1.807, 2.05) is 55.4 Å². The van der Waals surface area contributed by atoms with Gasteiger partial charge in [-0.2, -0.15) is 0 Å². The zero-order chi connectivity index (χ0) is 22.9. The molecule has 2 heterocycles. The molecule has 1 fully saturated rings. The predicted molar refractivity (Wildman–Crippen MR) is 128 cm³/mol. The molecule has 32 heavy (non-hydrogen) atoms. The first kappa shape index (κ1) is 22.4. The van der Waals surface area contributed by atoms with E-state index in [-0.39, 0.29) is 29.9 Å². The van der Waals surface area contributed by atoms with Crippen molar-refractivity contribution in [2.24, 2.45) is 0 Å². The summed E-state index contributed by atoms with van der Waals surface area (Å²) in [6.45, 7) is 2.48. The van der Waals surface area contributed by atoms with Gasteiger partial charge < -0.3 is 14.2 Å². The summed E-state index contributed by atoms with van der Waals surface area (Å²) in [5.41, 5.74) is 4.85. The van der Waals surface area contributed by atoms with Crippen molar-refractivity contribution in [3.63, 3.8) is 0 Å². The Hall–Kier alpha value is -2.80. The maximum Gasteiger partial charge on any atom is 0.227 e. The summed E-state index contributed by atoms with van der Waals surface area (Å²) >= 11 is 0. The fraction of sp³-hybridized carbons (Fsp3) is 0.400. The number of sulfone groups is 1. The molecule has 1 saturated heterocycles. The minimum atomic E-state index is -3.11. The molecule has 1 amide bonds. The Morgan fingerprint density at radius 1 is 1.09 bits per heavy atom. The average Bonchev–Trinajstić information content (AvgIpc) is 3.34. The van der Waals surface area contributed by atoms with E-state index in [2.05, 4.69) is 13.0 Å². The summed E-state index contributed by atoms with van der Waals surface area (Å²) in [7, 11) is 0.850. The highest BCUT2D eigenvalue weighted by Crippen LogP contribution is 2.26. The van der Waals surface area contributed by atoms with E-state index < -0.39 is 9.84 Å². The van der Waals surface area contributed by atoms with Gasteiger partial charge in [0.15, 0.2) is 9.84 Å². The number of carbonyl (C=O) groups excluding carboxylic acids is 1. The third kappa shape index (κ3) is 4.83. The van der Waals surface area contributed by atoms with Gasteiger partial charge in [-0.25, -0.2) is 8.42 Å². The average molecular weight is 455 g/mol. The lowest BCUT2D eigenvalue weighted by Crippen LogP contribution is -2.41. The number of rotatable bonds is 7. The number of nitrogens with zero attached hydrogens (tertiary/aromatic N) is 2. The molecule has 7 heteroatoms. The Kier molecular flexibility index (Phi) is 6.29. The first-order valence-electron chi connectivity index (χ1n) is 11.0. The molecule has 0 saturated carbocycles. The SMILES string of the molecule is CCc1ccc2occ(CC(=O)N(Cc3ccc(N(C)C)cc3)[C@@H]3CCS(=O)(=O)C3)c2c1. The Labute approximate surface area is 189 Å². The molecule has 6 nitrogen and oxygen atoms in total. The standard InChI is InChI=1S/C25H30N2O4S/c1-4-18-7-10-24-23(13-18)20(16-31-24)14-25(28)27(22-11-12-32(29,30)17-22)15-19-5-8-21(9-6-19)26(2)3/h5-10,13,16,22H,4,11-12,14-15,17H2,1-3H3/t22-/m1/s1. The van der Waals surface area contributed by atoms with Crippen molar-refractivity contribution in [2.75, 3.05) is 30.5 Å². The number of furan rings is 1. The lowest BCUT2D eigenvalue weighted by molar-refractivity contribution is -0.133. The zero-order valence-electron chi connectivity index (χ0n) is 18.9. The second kappa shape index (κ2) is 8.98. The molecular weight excluding hydrogens is 424 g/mol. The topological polar surface area (TPSA) is 70.8 Å². The number of amides is 1. The van der Waals surface area contributed by atoms with Crippen LogP contribution in [0.4, 0.5) is 5.69 Å². The van der Waals surface area contributed by atoms with E-state index in [0.29, 0.717) is 13.0 Å². The van der Waals surface area contributed by atoms with Gasteiger partial charge in [0, 0.05) is 43.3 Å². The second-order valence-electron chi connectivity index (χ2n) is 8.76. The molecule has 0 radical (unpaired) electrons. The van der Waals surface area contributed by atoms with Crippen LogP contribution in [0.2, 0.25) is 0 Å². The first-order valence-corrected chi connectivity index (χ1v) is 12.8. The van der Waals surface area contributed by atoms with Crippen LogP contribution >= 0.6 is 0 Å². The van der Waals surface area contributed by atoms with Crippen LogP contribution in [-0.2, 0) is 34.0 Å². The van der Waals surface area contributed by atoms with Gasteiger partial charge in [-0.05, 0) is 48.2 Å². The van der Waals surface area contributed by atoms with Gasteiger partial charge in [-0.3, -0.25) is 4.79 Å². The molecular formula is C25H30N2O4S. The van der Waals surface area contributed by atoms with Crippen LogP contribution in [0.25, 0.3) is 11.0 Å². The van der Waals surface area contributed by atoms with Gasteiger partial charge >= 0.3 is 0 Å². The maximum absolute atomic E-state index is 13.5. The minimum Gasteiger partial charge on any atom is -0.464 e. The molecule has 170 valence electrons.